The van der Waals surface area contributed by atoms with Gasteiger partial charge in [-0.3, -0.25) is 4.79 Å². The lowest BCUT2D eigenvalue weighted by Crippen LogP contribution is -2.46. The lowest BCUT2D eigenvalue weighted by atomic mass is 10.0. The number of hydrogen-bond donors (Lipinski definition) is 1. The van der Waals surface area contributed by atoms with Gasteiger partial charge in [0.05, 0.1) is 11.7 Å². The Labute approximate surface area is 144 Å². The van der Waals surface area contributed by atoms with Crippen LogP contribution >= 0.6 is 0 Å². The fraction of sp³-hybridized carbons (Fsp3) is 0.316. The van der Waals surface area contributed by atoms with Crippen LogP contribution in [0.4, 0.5) is 14.5 Å². The quantitative estimate of drug-likeness (QED) is 0.923. The molecule has 0 aromatic heterocycles. The summed E-state index contributed by atoms with van der Waals surface area (Å²) < 4.78 is 32.7. The molecular formula is C19H18F2N2O2. The molecule has 4 rings (SSSR count). The van der Waals surface area contributed by atoms with Crippen LogP contribution in [0.3, 0.4) is 0 Å². The molecule has 1 N–H and O–H groups in total. The molecule has 2 aliphatic heterocycles. The molecule has 1 fully saturated rings. The Bertz CT molecular complexity index is 806. The van der Waals surface area contributed by atoms with Gasteiger partial charge in [-0.15, -0.1) is 0 Å². The van der Waals surface area contributed by atoms with Crippen LogP contribution < -0.4 is 5.32 Å². The number of nitrogens with zero attached hydrogens (tertiary/aromatic N) is 1. The number of anilines is 1. The number of halogens is 2. The number of fused-ring (bicyclic) bond motifs is 1. The van der Waals surface area contributed by atoms with E-state index in [2.05, 4.69) is 5.32 Å². The van der Waals surface area contributed by atoms with Crippen LogP contribution in [0, 0.1) is 11.6 Å². The van der Waals surface area contributed by atoms with E-state index in [4.69, 9.17) is 4.74 Å². The van der Waals surface area contributed by atoms with Crippen molar-refractivity contribution in [3.8, 4) is 0 Å². The predicted octanol–water partition coefficient (Wildman–Crippen LogP) is 3.71. The number of carbonyl (C=O) groups is 1. The van der Waals surface area contributed by atoms with Crippen LogP contribution in [0.1, 0.15) is 34.9 Å². The molecule has 0 aliphatic carbocycles. The zero-order valence-corrected chi connectivity index (χ0v) is 13.5. The molecule has 4 nitrogen and oxygen atoms in total. The van der Waals surface area contributed by atoms with Gasteiger partial charge in [-0.05, 0) is 42.7 Å². The number of carbonyl (C=O) groups excluding carboxylic acids is 1. The van der Waals surface area contributed by atoms with Crippen molar-refractivity contribution in [1.82, 2.24) is 4.90 Å². The number of ether oxygens (including phenoxy) is 1. The highest BCUT2D eigenvalue weighted by Crippen LogP contribution is 2.34. The van der Waals surface area contributed by atoms with Crippen molar-refractivity contribution >= 4 is 11.6 Å². The lowest BCUT2D eigenvalue weighted by molar-refractivity contribution is 0.0426. The summed E-state index contributed by atoms with van der Waals surface area (Å²) in [7, 11) is 0. The number of nitrogens with one attached hydrogen (secondary N) is 1. The Hall–Kier alpha value is -2.47. The van der Waals surface area contributed by atoms with Crippen LogP contribution in [0.15, 0.2) is 42.5 Å². The minimum Gasteiger partial charge on any atom is -0.376 e. The van der Waals surface area contributed by atoms with Crippen molar-refractivity contribution in [1.29, 1.82) is 0 Å². The number of benzene rings is 2. The van der Waals surface area contributed by atoms with E-state index in [-0.39, 0.29) is 12.0 Å². The SMILES string of the molecule is O=C1c2ccccc2N[C@H](c2ccc(F)c(F)c2)N1C[C@H]1CCCO1. The van der Waals surface area contributed by atoms with Crippen molar-refractivity contribution in [2.45, 2.75) is 25.1 Å². The van der Waals surface area contributed by atoms with Gasteiger partial charge in [-0.1, -0.05) is 18.2 Å². The molecule has 2 aromatic carbocycles. The molecule has 0 radical (unpaired) electrons. The lowest BCUT2D eigenvalue weighted by Gasteiger charge is -2.39. The second-order valence-electron chi connectivity index (χ2n) is 6.36. The first kappa shape index (κ1) is 16.0. The summed E-state index contributed by atoms with van der Waals surface area (Å²) in [5.74, 6) is -1.97. The van der Waals surface area contributed by atoms with Crippen molar-refractivity contribution < 1.29 is 18.3 Å². The van der Waals surface area contributed by atoms with Crippen molar-refractivity contribution in [2.24, 2.45) is 0 Å². The molecule has 2 aromatic rings. The van der Waals surface area contributed by atoms with E-state index in [1.54, 1.807) is 17.0 Å². The summed E-state index contributed by atoms with van der Waals surface area (Å²) in [5, 5.41) is 3.27. The van der Waals surface area contributed by atoms with E-state index in [0.717, 1.165) is 25.0 Å². The van der Waals surface area contributed by atoms with Crippen LogP contribution in [-0.4, -0.2) is 30.1 Å². The zero-order valence-electron chi connectivity index (χ0n) is 13.5. The average Bonchev–Trinajstić information content (AvgIpc) is 3.13. The van der Waals surface area contributed by atoms with Crippen LogP contribution in [0.2, 0.25) is 0 Å². The fourth-order valence-corrected chi connectivity index (χ4v) is 3.43. The molecule has 130 valence electrons. The highest BCUT2D eigenvalue weighted by atomic mass is 19.2. The maximum absolute atomic E-state index is 13.7. The van der Waals surface area contributed by atoms with E-state index in [1.807, 2.05) is 12.1 Å². The van der Waals surface area contributed by atoms with E-state index >= 15 is 0 Å². The smallest absolute Gasteiger partial charge is 0.257 e. The van der Waals surface area contributed by atoms with Gasteiger partial charge >= 0.3 is 0 Å². The Balaban J connectivity index is 1.72. The normalized spacial score (nSPS) is 22.6. The molecule has 0 spiro atoms. The van der Waals surface area contributed by atoms with Gasteiger partial charge in [0.2, 0.25) is 0 Å². The highest BCUT2D eigenvalue weighted by Gasteiger charge is 2.35. The van der Waals surface area contributed by atoms with Gasteiger partial charge in [-0.2, -0.15) is 0 Å². The van der Waals surface area contributed by atoms with E-state index in [1.165, 1.54) is 6.07 Å². The maximum atomic E-state index is 13.7. The average molecular weight is 344 g/mol. The summed E-state index contributed by atoms with van der Waals surface area (Å²) in [6, 6.07) is 10.9. The number of para-hydroxylation sites is 1. The van der Waals surface area contributed by atoms with Crippen molar-refractivity contribution in [3.63, 3.8) is 0 Å². The summed E-state index contributed by atoms with van der Waals surface area (Å²) in [6.45, 7) is 1.09. The standard InChI is InChI=1S/C19H18F2N2O2/c20-15-8-7-12(10-16(15)21)18-22-17-6-2-1-5-14(17)19(24)23(18)11-13-4-3-9-25-13/h1-2,5-8,10,13,18,22H,3-4,9,11H2/t13-,18+/m1/s1. The molecule has 6 heteroatoms. The monoisotopic (exact) mass is 344 g/mol. The van der Waals surface area contributed by atoms with Gasteiger partial charge in [-0.25, -0.2) is 8.78 Å². The number of rotatable bonds is 3. The van der Waals surface area contributed by atoms with Crippen molar-refractivity contribution in [2.75, 3.05) is 18.5 Å². The first-order valence-corrected chi connectivity index (χ1v) is 8.36. The minimum atomic E-state index is -0.928. The minimum absolute atomic E-state index is 0.0381. The Morgan fingerprint density at radius 3 is 2.76 bits per heavy atom. The van der Waals surface area contributed by atoms with Crippen molar-refractivity contribution in [3.05, 3.63) is 65.2 Å². The van der Waals surface area contributed by atoms with E-state index in [9.17, 15) is 13.6 Å². The second-order valence-corrected chi connectivity index (χ2v) is 6.36. The molecule has 2 heterocycles. The fourth-order valence-electron chi connectivity index (χ4n) is 3.43. The summed E-state index contributed by atoms with van der Waals surface area (Å²) >= 11 is 0. The molecule has 25 heavy (non-hydrogen) atoms. The van der Waals surface area contributed by atoms with Gasteiger partial charge in [0.1, 0.15) is 6.17 Å². The Morgan fingerprint density at radius 2 is 2.00 bits per heavy atom. The summed E-state index contributed by atoms with van der Waals surface area (Å²) in [5.41, 5.74) is 1.75. The highest BCUT2D eigenvalue weighted by molar-refractivity contribution is 6.01. The third kappa shape index (κ3) is 2.98. The van der Waals surface area contributed by atoms with Gasteiger partial charge < -0.3 is 15.0 Å². The molecule has 0 unspecified atom stereocenters. The summed E-state index contributed by atoms with van der Waals surface area (Å²) in [4.78, 5) is 14.6. The van der Waals surface area contributed by atoms with Gasteiger partial charge in [0.15, 0.2) is 11.6 Å². The third-order valence-corrected chi connectivity index (χ3v) is 4.71. The second kappa shape index (κ2) is 6.44. The van der Waals surface area contributed by atoms with Crippen LogP contribution in [-0.2, 0) is 4.74 Å². The summed E-state index contributed by atoms with van der Waals surface area (Å²) in [6.07, 6.45) is 1.24. The predicted molar refractivity (Wildman–Crippen MR) is 89.2 cm³/mol. The first-order chi connectivity index (χ1) is 12.1. The molecule has 2 aliphatic rings. The molecular weight excluding hydrogens is 326 g/mol. The molecule has 1 saturated heterocycles. The number of hydrogen-bond acceptors (Lipinski definition) is 3. The molecule has 0 bridgehead atoms. The van der Waals surface area contributed by atoms with Gasteiger partial charge in [0.25, 0.3) is 5.91 Å². The Morgan fingerprint density at radius 1 is 1.16 bits per heavy atom. The third-order valence-electron chi connectivity index (χ3n) is 4.71. The van der Waals surface area contributed by atoms with Gasteiger partial charge in [0, 0.05) is 18.8 Å². The first-order valence-electron chi connectivity index (χ1n) is 8.36. The molecule has 1 amide bonds. The zero-order chi connectivity index (χ0) is 17.4. The largest absolute Gasteiger partial charge is 0.376 e. The number of amides is 1. The van der Waals surface area contributed by atoms with Crippen LogP contribution in [0.25, 0.3) is 0 Å². The van der Waals surface area contributed by atoms with Crippen LogP contribution in [0.5, 0.6) is 0 Å². The van der Waals surface area contributed by atoms with E-state index in [0.29, 0.717) is 30.0 Å². The Kier molecular flexibility index (Phi) is 4.13. The molecule has 2 atom stereocenters. The maximum Gasteiger partial charge on any atom is 0.257 e. The van der Waals surface area contributed by atoms with E-state index < -0.39 is 17.8 Å². The topological polar surface area (TPSA) is 41.6 Å². The molecule has 0 saturated carbocycles.